The molecule has 0 amide bonds. The molecule has 10 heteroatoms. The molecule has 0 spiro atoms. The molecule has 8 nitrogen and oxygen atoms in total. The third kappa shape index (κ3) is 4.35. The number of nitrogens with zero attached hydrogens (tertiary/aromatic N) is 3. The average Bonchev–Trinajstić information content (AvgIpc) is 2.84. The molecule has 1 aliphatic rings. The topological polar surface area (TPSA) is 110 Å². The number of hydrogen-bond donors (Lipinski definition) is 2. The number of ether oxygens (including phenoxy) is 1. The molecule has 108 valence electrons. The number of aromatic nitrogens is 2. The monoisotopic (exact) mass is 307 g/mol. The van der Waals surface area contributed by atoms with Crippen LogP contribution in [0.2, 0.25) is 0 Å². The normalized spacial score (nSPS) is 17.7. The van der Waals surface area contributed by atoms with Gasteiger partial charge in [-0.05, 0) is 13.0 Å². The Morgan fingerprint density at radius 3 is 2.74 bits per heavy atom. The van der Waals surface area contributed by atoms with E-state index in [1.807, 2.05) is 0 Å². The largest absolute Gasteiger partial charge is 0.379 e. The van der Waals surface area contributed by atoms with Crippen LogP contribution in [0.25, 0.3) is 0 Å². The zero-order chi connectivity index (χ0) is 13.7. The van der Waals surface area contributed by atoms with Gasteiger partial charge in [0.1, 0.15) is 0 Å². The standard InChI is InChI=1S/C9H17N5O3S2/c10-8-12-13-9(18-8)19(15,16)11-2-1-3-14-4-6-17-7-5-14/h11H,1-7H2,(H2,10,12). The highest BCUT2D eigenvalue weighted by Crippen LogP contribution is 2.16. The number of nitrogens with two attached hydrogens (primary N) is 1. The van der Waals surface area contributed by atoms with Gasteiger partial charge in [-0.1, -0.05) is 11.3 Å². The van der Waals surface area contributed by atoms with Gasteiger partial charge in [-0.25, -0.2) is 13.1 Å². The van der Waals surface area contributed by atoms with Crippen LogP contribution < -0.4 is 10.5 Å². The molecule has 1 aromatic rings. The molecular formula is C9H17N5O3S2. The van der Waals surface area contributed by atoms with E-state index in [1.54, 1.807) is 0 Å². The van der Waals surface area contributed by atoms with Crippen LogP contribution in [0.1, 0.15) is 6.42 Å². The quantitative estimate of drug-likeness (QED) is 0.657. The first kappa shape index (κ1) is 14.6. The van der Waals surface area contributed by atoms with Crippen LogP contribution in [0, 0.1) is 0 Å². The minimum absolute atomic E-state index is 0.0867. The van der Waals surface area contributed by atoms with Crippen LogP contribution >= 0.6 is 11.3 Å². The maximum Gasteiger partial charge on any atom is 0.269 e. The fraction of sp³-hybridized carbons (Fsp3) is 0.778. The molecule has 2 rings (SSSR count). The van der Waals surface area contributed by atoms with Crippen molar-refractivity contribution in [3.05, 3.63) is 0 Å². The summed E-state index contributed by atoms with van der Waals surface area (Å²) in [6.45, 7) is 4.52. The van der Waals surface area contributed by atoms with Crippen LogP contribution in [-0.4, -0.2) is 62.9 Å². The van der Waals surface area contributed by atoms with Crippen molar-refractivity contribution in [1.29, 1.82) is 0 Å². The molecular weight excluding hydrogens is 290 g/mol. The minimum atomic E-state index is -3.57. The van der Waals surface area contributed by atoms with E-state index in [4.69, 9.17) is 10.5 Å². The number of sulfonamides is 1. The summed E-state index contributed by atoms with van der Waals surface area (Å²) < 4.78 is 31.3. The summed E-state index contributed by atoms with van der Waals surface area (Å²) in [5.74, 6) is 0. The molecule has 0 saturated carbocycles. The summed E-state index contributed by atoms with van der Waals surface area (Å²) in [4.78, 5) is 2.25. The molecule has 0 aliphatic carbocycles. The van der Waals surface area contributed by atoms with E-state index in [0.29, 0.717) is 6.54 Å². The first-order valence-corrected chi connectivity index (χ1v) is 8.26. The van der Waals surface area contributed by atoms with E-state index in [9.17, 15) is 8.42 Å². The van der Waals surface area contributed by atoms with Crippen molar-refractivity contribution in [3.63, 3.8) is 0 Å². The number of rotatable bonds is 6. The molecule has 1 aliphatic heterocycles. The molecule has 0 aromatic carbocycles. The predicted molar refractivity (Wildman–Crippen MR) is 71.4 cm³/mol. The Morgan fingerprint density at radius 1 is 1.37 bits per heavy atom. The Hall–Kier alpha value is -0.810. The Morgan fingerprint density at radius 2 is 2.11 bits per heavy atom. The number of hydrogen-bond acceptors (Lipinski definition) is 8. The van der Waals surface area contributed by atoms with E-state index in [2.05, 4.69) is 19.8 Å². The first-order chi connectivity index (χ1) is 9.08. The first-order valence-electron chi connectivity index (χ1n) is 5.97. The predicted octanol–water partition coefficient (Wildman–Crippen LogP) is -0.879. The lowest BCUT2D eigenvalue weighted by Crippen LogP contribution is -2.38. The summed E-state index contributed by atoms with van der Waals surface area (Å²) >= 11 is 0.859. The van der Waals surface area contributed by atoms with Crippen LogP contribution in [0.3, 0.4) is 0 Å². The second-order valence-corrected chi connectivity index (χ2v) is 7.06. The molecule has 2 heterocycles. The molecule has 1 fully saturated rings. The molecule has 1 aromatic heterocycles. The Kier molecular flexibility index (Phi) is 5.05. The highest BCUT2D eigenvalue weighted by Gasteiger charge is 2.19. The Bertz CT molecular complexity index is 498. The van der Waals surface area contributed by atoms with E-state index in [1.165, 1.54) is 0 Å². The van der Waals surface area contributed by atoms with Gasteiger partial charge in [0, 0.05) is 19.6 Å². The van der Waals surface area contributed by atoms with Crippen LogP contribution in [0.5, 0.6) is 0 Å². The fourth-order valence-electron chi connectivity index (χ4n) is 1.72. The smallest absolute Gasteiger partial charge is 0.269 e. The summed E-state index contributed by atoms with van der Waals surface area (Å²) in [7, 11) is -3.57. The van der Waals surface area contributed by atoms with Gasteiger partial charge in [-0.3, -0.25) is 4.90 Å². The molecule has 0 bridgehead atoms. The Labute approximate surface area is 116 Å². The lowest BCUT2D eigenvalue weighted by molar-refractivity contribution is 0.0376. The maximum absolute atomic E-state index is 11.8. The van der Waals surface area contributed by atoms with E-state index in [0.717, 1.165) is 50.6 Å². The fourth-order valence-corrected chi connectivity index (χ4v) is 3.62. The van der Waals surface area contributed by atoms with Crippen molar-refractivity contribution in [3.8, 4) is 0 Å². The van der Waals surface area contributed by atoms with Gasteiger partial charge < -0.3 is 10.5 Å². The molecule has 3 N–H and O–H groups in total. The van der Waals surface area contributed by atoms with Crippen molar-refractivity contribution in [2.24, 2.45) is 0 Å². The second kappa shape index (κ2) is 6.57. The second-order valence-electron chi connectivity index (χ2n) is 4.11. The van der Waals surface area contributed by atoms with Crippen molar-refractivity contribution >= 4 is 26.5 Å². The van der Waals surface area contributed by atoms with Crippen molar-refractivity contribution < 1.29 is 13.2 Å². The Balaban J connectivity index is 1.72. The van der Waals surface area contributed by atoms with Gasteiger partial charge in [-0.15, -0.1) is 10.2 Å². The number of anilines is 1. The molecule has 19 heavy (non-hydrogen) atoms. The van der Waals surface area contributed by atoms with Crippen LogP contribution in [-0.2, 0) is 14.8 Å². The lowest BCUT2D eigenvalue weighted by Gasteiger charge is -2.26. The highest BCUT2D eigenvalue weighted by atomic mass is 32.2. The minimum Gasteiger partial charge on any atom is -0.379 e. The van der Waals surface area contributed by atoms with Gasteiger partial charge in [-0.2, -0.15) is 0 Å². The number of nitrogen functional groups attached to an aromatic ring is 1. The average molecular weight is 307 g/mol. The van der Waals surface area contributed by atoms with Crippen LogP contribution in [0.4, 0.5) is 5.13 Å². The van der Waals surface area contributed by atoms with E-state index in [-0.39, 0.29) is 9.47 Å². The van der Waals surface area contributed by atoms with Crippen molar-refractivity contribution in [1.82, 2.24) is 19.8 Å². The lowest BCUT2D eigenvalue weighted by atomic mass is 10.3. The van der Waals surface area contributed by atoms with E-state index < -0.39 is 10.0 Å². The summed E-state index contributed by atoms with van der Waals surface area (Å²) in [6, 6.07) is 0. The van der Waals surface area contributed by atoms with Gasteiger partial charge in [0.15, 0.2) is 0 Å². The third-order valence-corrected chi connectivity index (χ3v) is 5.28. The maximum atomic E-state index is 11.8. The van der Waals surface area contributed by atoms with Gasteiger partial charge in [0.2, 0.25) is 9.47 Å². The van der Waals surface area contributed by atoms with Gasteiger partial charge >= 0.3 is 0 Å². The third-order valence-electron chi connectivity index (χ3n) is 2.70. The molecule has 0 atom stereocenters. The molecule has 1 saturated heterocycles. The van der Waals surface area contributed by atoms with Gasteiger partial charge in [0.25, 0.3) is 10.0 Å². The molecule has 0 unspecified atom stereocenters. The highest BCUT2D eigenvalue weighted by molar-refractivity contribution is 7.91. The van der Waals surface area contributed by atoms with Gasteiger partial charge in [0.05, 0.1) is 13.2 Å². The number of morpholine rings is 1. The SMILES string of the molecule is Nc1nnc(S(=O)(=O)NCCCN2CCOCC2)s1. The molecule has 0 radical (unpaired) electrons. The van der Waals surface area contributed by atoms with Crippen molar-refractivity contribution in [2.45, 2.75) is 10.8 Å². The summed E-state index contributed by atoms with van der Waals surface area (Å²) in [5.41, 5.74) is 5.36. The number of nitrogens with one attached hydrogen (secondary N) is 1. The zero-order valence-corrected chi connectivity index (χ0v) is 12.0. The zero-order valence-electron chi connectivity index (χ0n) is 10.4. The summed E-state index contributed by atoms with van der Waals surface area (Å²) in [5, 5.41) is 7.16. The summed E-state index contributed by atoms with van der Waals surface area (Å²) in [6.07, 6.45) is 0.744. The van der Waals surface area contributed by atoms with Crippen LogP contribution in [0.15, 0.2) is 4.34 Å². The van der Waals surface area contributed by atoms with E-state index >= 15 is 0 Å². The van der Waals surface area contributed by atoms with Crippen molar-refractivity contribution in [2.75, 3.05) is 45.1 Å².